The SMILES string of the molecule is CCOc1ccccc1CCC(=O)OC(C)C(=O)Nc1cccc2ncccc12. The van der Waals surface area contributed by atoms with Crippen LogP contribution in [0.15, 0.2) is 60.8 Å². The lowest BCUT2D eigenvalue weighted by atomic mass is 10.1. The number of pyridine rings is 1. The van der Waals surface area contributed by atoms with Gasteiger partial charge in [-0.25, -0.2) is 0 Å². The molecule has 29 heavy (non-hydrogen) atoms. The number of esters is 1. The average molecular weight is 392 g/mol. The molecule has 1 heterocycles. The largest absolute Gasteiger partial charge is 0.494 e. The number of carbonyl (C=O) groups is 2. The van der Waals surface area contributed by atoms with Gasteiger partial charge < -0.3 is 14.8 Å². The van der Waals surface area contributed by atoms with E-state index in [2.05, 4.69) is 10.3 Å². The van der Waals surface area contributed by atoms with E-state index in [9.17, 15) is 9.59 Å². The molecule has 0 spiro atoms. The third kappa shape index (κ3) is 5.31. The van der Waals surface area contributed by atoms with Gasteiger partial charge in [0, 0.05) is 18.0 Å². The van der Waals surface area contributed by atoms with Crippen LogP contribution in [0.3, 0.4) is 0 Å². The van der Waals surface area contributed by atoms with Gasteiger partial charge in [0.2, 0.25) is 0 Å². The highest BCUT2D eigenvalue weighted by Gasteiger charge is 2.19. The summed E-state index contributed by atoms with van der Waals surface area (Å²) in [6.07, 6.45) is 1.44. The molecule has 1 N–H and O–H groups in total. The standard InChI is InChI=1S/C23H24N2O4/c1-3-28-21-12-5-4-8-17(21)13-14-22(26)29-16(2)23(27)25-20-11-6-10-19-18(20)9-7-15-24-19/h4-12,15-16H,3,13-14H2,1-2H3,(H,25,27). The van der Waals surface area contributed by atoms with Gasteiger partial charge in [0.05, 0.1) is 17.8 Å². The van der Waals surface area contributed by atoms with Crippen LogP contribution in [-0.4, -0.2) is 29.6 Å². The molecule has 1 aromatic heterocycles. The number of aromatic nitrogens is 1. The lowest BCUT2D eigenvalue weighted by Gasteiger charge is -2.15. The van der Waals surface area contributed by atoms with E-state index in [1.165, 1.54) is 0 Å². The fourth-order valence-corrected chi connectivity index (χ4v) is 3.00. The van der Waals surface area contributed by atoms with Crippen molar-refractivity contribution in [2.24, 2.45) is 0 Å². The van der Waals surface area contributed by atoms with Crippen LogP contribution in [0.4, 0.5) is 5.69 Å². The fourth-order valence-electron chi connectivity index (χ4n) is 3.00. The molecule has 0 saturated heterocycles. The van der Waals surface area contributed by atoms with Gasteiger partial charge in [0.15, 0.2) is 6.10 Å². The van der Waals surface area contributed by atoms with Crippen molar-refractivity contribution in [2.45, 2.75) is 32.8 Å². The van der Waals surface area contributed by atoms with Crippen LogP contribution < -0.4 is 10.1 Å². The molecule has 0 bridgehead atoms. The lowest BCUT2D eigenvalue weighted by molar-refractivity contribution is -0.153. The van der Waals surface area contributed by atoms with E-state index in [0.717, 1.165) is 22.2 Å². The predicted molar refractivity (Wildman–Crippen MR) is 112 cm³/mol. The number of hydrogen-bond donors (Lipinski definition) is 1. The molecule has 150 valence electrons. The molecule has 3 aromatic rings. The number of nitrogens with one attached hydrogen (secondary N) is 1. The summed E-state index contributed by atoms with van der Waals surface area (Å²) in [5.41, 5.74) is 2.35. The van der Waals surface area contributed by atoms with E-state index in [0.29, 0.717) is 18.7 Å². The summed E-state index contributed by atoms with van der Waals surface area (Å²) in [5.74, 6) is -0.0545. The van der Waals surface area contributed by atoms with Crippen molar-refractivity contribution in [3.63, 3.8) is 0 Å². The summed E-state index contributed by atoms with van der Waals surface area (Å²) >= 11 is 0. The Hall–Kier alpha value is -3.41. The van der Waals surface area contributed by atoms with Crippen LogP contribution in [0.2, 0.25) is 0 Å². The zero-order chi connectivity index (χ0) is 20.6. The Bertz CT molecular complexity index is 998. The molecular weight excluding hydrogens is 368 g/mol. The second kappa shape index (κ2) is 9.68. The van der Waals surface area contributed by atoms with Crippen molar-refractivity contribution in [3.8, 4) is 5.75 Å². The Morgan fingerprint density at radius 3 is 2.72 bits per heavy atom. The average Bonchev–Trinajstić information content (AvgIpc) is 2.73. The van der Waals surface area contributed by atoms with E-state index < -0.39 is 12.1 Å². The van der Waals surface area contributed by atoms with Crippen molar-refractivity contribution < 1.29 is 19.1 Å². The number of rotatable bonds is 8. The van der Waals surface area contributed by atoms with Gasteiger partial charge in [-0.15, -0.1) is 0 Å². The first kappa shape index (κ1) is 20.3. The number of fused-ring (bicyclic) bond motifs is 1. The van der Waals surface area contributed by atoms with Crippen LogP contribution in [0, 0.1) is 0 Å². The minimum atomic E-state index is -0.906. The summed E-state index contributed by atoms with van der Waals surface area (Å²) in [7, 11) is 0. The highest BCUT2D eigenvalue weighted by Crippen LogP contribution is 2.22. The zero-order valence-corrected chi connectivity index (χ0v) is 16.6. The van der Waals surface area contributed by atoms with Gasteiger partial charge in [-0.3, -0.25) is 14.6 Å². The maximum Gasteiger partial charge on any atom is 0.306 e. The number of hydrogen-bond acceptors (Lipinski definition) is 5. The molecular formula is C23H24N2O4. The Morgan fingerprint density at radius 1 is 1.07 bits per heavy atom. The summed E-state index contributed by atoms with van der Waals surface area (Å²) in [4.78, 5) is 29.0. The summed E-state index contributed by atoms with van der Waals surface area (Å²) in [5, 5.41) is 3.64. The minimum Gasteiger partial charge on any atom is -0.494 e. The van der Waals surface area contributed by atoms with Gasteiger partial charge in [-0.1, -0.05) is 24.3 Å². The van der Waals surface area contributed by atoms with E-state index in [4.69, 9.17) is 9.47 Å². The Labute approximate surface area is 169 Å². The van der Waals surface area contributed by atoms with Gasteiger partial charge in [0.1, 0.15) is 5.75 Å². The maximum absolute atomic E-state index is 12.5. The first-order valence-electron chi connectivity index (χ1n) is 9.63. The lowest BCUT2D eigenvalue weighted by Crippen LogP contribution is -2.30. The summed E-state index contributed by atoms with van der Waals surface area (Å²) in [6, 6.07) is 16.8. The molecule has 0 fully saturated rings. The zero-order valence-electron chi connectivity index (χ0n) is 16.6. The summed E-state index contributed by atoms with van der Waals surface area (Å²) in [6.45, 7) is 4.03. The van der Waals surface area contributed by atoms with Gasteiger partial charge in [0.25, 0.3) is 5.91 Å². The van der Waals surface area contributed by atoms with Crippen LogP contribution in [0.25, 0.3) is 10.9 Å². The van der Waals surface area contributed by atoms with E-state index in [-0.39, 0.29) is 12.3 Å². The third-order valence-electron chi connectivity index (χ3n) is 4.45. The number of benzene rings is 2. The van der Waals surface area contributed by atoms with Crippen molar-refractivity contribution in [1.29, 1.82) is 0 Å². The molecule has 2 aromatic carbocycles. The monoisotopic (exact) mass is 392 g/mol. The molecule has 1 amide bonds. The van der Waals surface area contributed by atoms with Crippen molar-refractivity contribution in [3.05, 3.63) is 66.4 Å². The van der Waals surface area contributed by atoms with Gasteiger partial charge in [-0.05, 0) is 56.2 Å². The topological polar surface area (TPSA) is 77.5 Å². The van der Waals surface area contributed by atoms with E-state index in [1.807, 2.05) is 55.5 Å². The molecule has 0 aliphatic heterocycles. The Kier molecular flexibility index (Phi) is 6.79. The second-order valence-electron chi connectivity index (χ2n) is 6.54. The number of para-hydroxylation sites is 1. The van der Waals surface area contributed by atoms with E-state index >= 15 is 0 Å². The predicted octanol–water partition coefficient (Wildman–Crippen LogP) is 4.14. The molecule has 0 radical (unpaired) electrons. The van der Waals surface area contributed by atoms with Crippen LogP contribution in [0.5, 0.6) is 5.75 Å². The number of nitrogens with zero attached hydrogens (tertiary/aromatic N) is 1. The van der Waals surface area contributed by atoms with Crippen LogP contribution in [0.1, 0.15) is 25.8 Å². The number of anilines is 1. The molecule has 0 aliphatic carbocycles. The Morgan fingerprint density at radius 2 is 1.90 bits per heavy atom. The normalized spacial score (nSPS) is 11.7. The van der Waals surface area contributed by atoms with E-state index in [1.54, 1.807) is 19.2 Å². The van der Waals surface area contributed by atoms with Crippen LogP contribution >= 0.6 is 0 Å². The van der Waals surface area contributed by atoms with Crippen LogP contribution in [-0.2, 0) is 20.7 Å². The molecule has 0 saturated carbocycles. The smallest absolute Gasteiger partial charge is 0.306 e. The minimum absolute atomic E-state index is 0.167. The van der Waals surface area contributed by atoms with Crippen molar-refractivity contribution in [1.82, 2.24) is 4.98 Å². The first-order valence-corrected chi connectivity index (χ1v) is 9.63. The highest BCUT2D eigenvalue weighted by atomic mass is 16.5. The van der Waals surface area contributed by atoms with Crippen molar-refractivity contribution in [2.75, 3.05) is 11.9 Å². The van der Waals surface area contributed by atoms with Crippen molar-refractivity contribution >= 4 is 28.5 Å². The highest BCUT2D eigenvalue weighted by molar-refractivity contribution is 6.02. The molecule has 1 atom stereocenters. The molecule has 0 aliphatic rings. The first-order chi connectivity index (χ1) is 14.1. The quantitative estimate of drug-likeness (QED) is 0.583. The summed E-state index contributed by atoms with van der Waals surface area (Å²) < 4.78 is 10.9. The third-order valence-corrected chi connectivity index (χ3v) is 4.45. The number of carbonyl (C=O) groups excluding carboxylic acids is 2. The number of aryl methyl sites for hydroxylation is 1. The van der Waals surface area contributed by atoms with Gasteiger partial charge >= 0.3 is 5.97 Å². The maximum atomic E-state index is 12.5. The number of ether oxygens (including phenoxy) is 2. The second-order valence-corrected chi connectivity index (χ2v) is 6.54. The Balaban J connectivity index is 1.56. The molecule has 6 nitrogen and oxygen atoms in total. The molecule has 3 rings (SSSR count). The fraction of sp³-hybridized carbons (Fsp3) is 0.261. The molecule has 6 heteroatoms. The van der Waals surface area contributed by atoms with Gasteiger partial charge in [-0.2, -0.15) is 0 Å². The molecule has 1 unspecified atom stereocenters. The number of amides is 1.